The van der Waals surface area contributed by atoms with E-state index in [1.54, 1.807) is 0 Å². The number of rotatable bonds is 24. The van der Waals surface area contributed by atoms with Gasteiger partial charge in [0, 0.05) is 31.3 Å². The summed E-state index contributed by atoms with van der Waals surface area (Å²) in [4.78, 5) is 16.9. The highest BCUT2D eigenvalue weighted by molar-refractivity contribution is 7.95. The number of benzene rings is 3. The summed E-state index contributed by atoms with van der Waals surface area (Å²) in [5, 5.41) is 4.12. The van der Waals surface area contributed by atoms with Gasteiger partial charge in [-0.25, -0.2) is 4.98 Å². The van der Waals surface area contributed by atoms with Crippen LogP contribution in [0.4, 0.5) is 0 Å². The molecule has 4 rings (SSSR count). The maximum atomic E-state index is 12.6. The molecule has 0 aliphatic carbocycles. The Bertz CT molecular complexity index is 1250. The summed E-state index contributed by atoms with van der Waals surface area (Å²) < 4.78 is 8.11. The summed E-state index contributed by atoms with van der Waals surface area (Å²) in [5.74, 6) is -0.0501. The third-order valence-corrected chi connectivity index (χ3v) is 14.0. The van der Waals surface area contributed by atoms with Gasteiger partial charge in [-0.3, -0.25) is 4.79 Å². The van der Waals surface area contributed by atoms with Gasteiger partial charge in [0.25, 0.3) is 0 Å². The van der Waals surface area contributed by atoms with Gasteiger partial charge in [0.2, 0.25) is 0 Å². The first kappa shape index (κ1) is 36.6. The molecule has 0 saturated heterocycles. The summed E-state index contributed by atoms with van der Waals surface area (Å²) in [7, 11) is -1.88. The van der Waals surface area contributed by atoms with E-state index < -0.39 is 7.26 Å². The van der Waals surface area contributed by atoms with Crippen LogP contribution in [0.2, 0.25) is 0 Å². The molecule has 0 amide bonds. The Morgan fingerprint density at radius 3 is 1.64 bits per heavy atom. The first-order valence-corrected chi connectivity index (χ1v) is 20.4. The van der Waals surface area contributed by atoms with Crippen LogP contribution in [0.5, 0.6) is 0 Å². The molecule has 0 N–H and O–H groups in total. The summed E-state index contributed by atoms with van der Waals surface area (Å²) >= 11 is 0. The third-order valence-electron chi connectivity index (χ3n) is 9.50. The second kappa shape index (κ2) is 21.6. The van der Waals surface area contributed by atoms with E-state index in [0.29, 0.717) is 19.1 Å². The van der Waals surface area contributed by atoms with Crippen molar-refractivity contribution in [2.75, 3.05) is 12.8 Å². The summed E-state index contributed by atoms with van der Waals surface area (Å²) in [6.45, 7) is 2.76. The van der Waals surface area contributed by atoms with Gasteiger partial charge >= 0.3 is 5.97 Å². The SMILES string of the molecule is CCCCCCCCC(CCCCCCCCC(=O)OCCC[P+](c1ccccc1)(c1ccccc1)c1ccccc1)n1ccnc1. The second-order valence-electron chi connectivity index (χ2n) is 13.0. The van der Waals surface area contributed by atoms with E-state index >= 15 is 0 Å². The Balaban J connectivity index is 1.14. The predicted molar refractivity (Wildman–Crippen MR) is 202 cm³/mol. The van der Waals surface area contributed by atoms with Gasteiger partial charge < -0.3 is 9.30 Å². The largest absolute Gasteiger partial charge is 0.466 e. The number of hydrogen-bond acceptors (Lipinski definition) is 3. The molecule has 1 atom stereocenters. The average Bonchev–Trinajstić information content (AvgIpc) is 3.66. The molecule has 1 unspecified atom stereocenters. The Morgan fingerprint density at radius 2 is 1.15 bits per heavy atom. The van der Waals surface area contributed by atoms with Crippen molar-refractivity contribution in [2.45, 2.75) is 116 Å². The van der Waals surface area contributed by atoms with Crippen molar-refractivity contribution in [3.8, 4) is 0 Å². The van der Waals surface area contributed by atoms with Crippen molar-refractivity contribution < 1.29 is 9.53 Å². The van der Waals surface area contributed by atoms with Crippen LogP contribution in [-0.2, 0) is 9.53 Å². The molecule has 0 aliphatic rings. The molecule has 0 aliphatic heterocycles. The van der Waals surface area contributed by atoms with Crippen LogP contribution in [0.1, 0.15) is 116 Å². The van der Waals surface area contributed by atoms with E-state index in [4.69, 9.17) is 4.74 Å². The smallest absolute Gasteiger partial charge is 0.305 e. The van der Waals surface area contributed by atoms with E-state index in [-0.39, 0.29) is 5.97 Å². The van der Waals surface area contributed by atoms with E-state index in [2.05, 4.69) is 114 Å². The van der Waals surface area contributed by atoms with Gasteiger partial charge in [-0.15, -0.1) is 0 Å². The highest BCUT2D eigenvalue weighted by atomic mass is 31.2. The number of imidazole rings is 1. The number of hydrogen-bond donors (Lipinski definition) is 0. The first-order chi connectivity index (χ1) is 23.2. The number of nitrogens with zero attached hydrogens (tertiary/aromatic N) is 2. The van der Waals surface area contributed by atoms with Crippen LogP contribution in [0.3, 0.4) is 0 Å². The molecular weight excluding hydrogens is 595 g/mol. The number of carbonyl (C=O) groups is 1. The van der Waals surface area contributed by atoms with Crippen LogP contribution in [0.15, 0.2) is 110 Å². The van der Waals surface area contributed by atoms with Crippen molar-refractivity contribution in [1.82, 2.24) is 9.55 Å². The standard InChI is InChI=1S/C42H58N2O2P/c1-2-3-4-5-8-14-24-38(44-34-33-43-37-44)25-15-9-6-7-10-22-32-42(45)46-35-23-36-47(39-26-16-11-17-27-39,40-28-18-12-19-29-40)41-30-20-13-21-31-41/h11-13,16-21,26-31,33-34,37-38H,2-10,14-15,22-25,32,35-36H2,1H3/q+1. The molecule has 1 aromatic heterocycles. The van der Waals surface area contributed by atoms with E-state index in [0.717, 1.165) is 25.4 Å². The molecule has 4 nitrogen and oxygen atoms in total. The quantitative estimate of drug-likeness (QED) is 0.0429. The molecule has 47 heavy (non-hydrogen) atoms. The van der Waals surface area contributed by atoms with E-state index in [1.807, 2.05) is 12.5 Å². The van der Waals surface area contributed by atoms with Gasteiger partial charge in [-0.05, 0) is 55.7 Å². The van der Waals surface area contributed by atoms with Crippen molar-refractivity contribution in [1.29, 1.82) is 0 Å². The molecule has 0 radical (unpaired) electrons. The van der Waals surface area contributed by atoms with Gasteiger partial charge in [-0.2, -0.15) is 0 Å². The number of esters is 1. The lowest BCUT2D eigenvalue weighted by Crippen LogP contribution is -2.33. The average molecular weight is 654 g/mol. The zero-order chi connectivity index (χ0) is 32.8. The highest BCUT2D eigenvalue weighted by Crippen LogP contribution is 2.55. The summed E-state index contributed by atoms with van der Waals surface area (Å²) in [5.41, 5.74) is 0. The molecule has 3 aromatic carbocycles. The van der Waals surface area contributed by atoms with Crippen molar-refractivity contribution in [3.63, 3.8) is 0 Å². The number of unbranched alkanes of at least 4 members (excludes halogenated alkanes) is 10. The van der Waals surface area contributed by atoms with Gasteiger partial charge in [0.1, 0.15) is 23.2 Å². The molecule has 0 spiro atoms. The fourth-order valence-corrected chi connectivity index (χ4v) is 11.2. The van der Waals surface area contributed by atoms with Gasteiger partial charge in [0.15, 0.2) is 0 Å². The van der Waals surface area contributed by atoms with Gasteiger partial charge in [-0.1, -0.05) is 132 Å². The zero-order valence-electron chi connectivity index (χ0n) is 28.9. The minimum Gasteiger partial charge on any atom is -0.466 e. The van der Waals surface area contributed by atoms with Crippen LogP contribution < -0.4 is 15.9 Å². The first-order valence-electron chi connectivity index (χ1n) is 18.4. The molecule has 0 fully saturated rings. The number of ether oxygens (including phenoxy) is 1. The lowest BCUT2D eigenvalue weighted by Gasteiger charge is -2.27. The highest BCUT2D eigenvalue weighted by Gasteiger charge is 2.44. The Hall–Kier alpha value is -3.23. The lowest BCUT2D eigenvalue weighted by atomic mass is 10.00. The van der Waals surface area contributed by atoms with E-state index in [9.17, 15) is 4.79 Å². The normalized spacial score (nSPS) is 12.2. The fraction of sp³-hybridized carbons (Fsp3) is 0.476. The maximum Gasteiger partial charge on any atom is 0.305 e. The second-order valence-corrected chi connectivity index (χ2v) is 16.6. The Labute approximate surface area is 285 Å². The van der Waals surface area contributed by atoms with Crippen LogP contribution >= 0.6 is 7.26 Å². The van der Waals surface area contributed by atoms with Crippen molar-refractivity contribution in [3.05, 3.63) is 110 Å². The molecule has 252 valence electrons. The van der Waals surface area contributed by atoms with Crippen LogP contribution in [0.25, 0.3) is 0 Å². The predicted octanol–water partition coefficient (Wildman–Crippen LogP) is 10.2. The lowest BCUT2D eigenvalue weighted by molar-refractivity contribution is -0.143. The monoisotopic (exact) mass is 653 g/mol. The summed E-state index contributed by atoms with van der Waals surface area (Å²) in [6.07, 6.45) is 26.0. The van der Waals surface area contributed by atoms with Crippen molar-refractivity contribution >= 4 is 29.1 Å². The molecule has 0 saturated carbocycles. The third kappa shape index (κ3) is 12.1. The molecule has 1 heterocycles. The van der Waals surface area contributed by atoms with E-state index in [1.165, 1.54) is 93.0 Å². The zero-order valence-corrected chi connectivity index (χ0v) is 29.8. The molecule has 4 aromatic rings. The Kier molecular flexibility index (Phi) is 16.8. The fourth-order valence-electron chi connectivity index (χ4n) is 6.89. The Morgan fingerprint density at radius 1 is 0.660 bits per heavy atom. The molecule has 0 bridgehead atoms. The van der Waals surface area contributed by atoms with Crippen LogP contribution in [0, 0.1) is 0 Å². The number of carbonyl (C=O) groups excluding carboxylic acids is 1. The summed E-state index contributed by atoms with van der Waals surface area (Å²) in [6, 6.07) is 33.4. The van der Waals surface area contributed by atoms with Crippen LogP contribution in [-0.4, -0.2) is 28.3 Å². The minimum atomic E-state index is -1.88. The van der Waals surface area contributed by atoms with Crippen molar-refractivity contribution in [2.24, 2.45) is 0 Å². The topological polar surface area (TPSA) is 44.1 Å². The minimum absolute atomic E-state index is 0.0501. The molecular formula is C42H58N2O2P+. The molecule has 5 heteroatoms. The maximum absolute atomic E-state index is 12.6. The number of aromatic nitrogens is 2. The van der Waals surface area contributed by atoms with Gasteiger partial charge in [0.05, 0.1) is 19.1 Å².